The average Bonchev–Trinajstić information content (AvgIpc) is 2.89. The smallest absolute Gasteiger partial charge is 0.225 e. The summed E-state index contributed by atoms with van der Waals surface area (Å²) in [6, 6.07) is 0. The quantitative estimate of drug-likeness (QED) is 0.695. The van der Waals surface area contributed by atoms with Crippen molar-refractivity contribution in [3.05, 3.63) is 18.7 Å². The summed E-state index contributed by atoms with van der Waals surface area (Å²) in [5.74, 6) is -0.316. The van der Waals surface area contributed by atoms with Crippen molar-refractivity contribution in [1.82, 2.24) is 20.2 Å². The second-order valence-electron chi connectivity index (χ2n) is 3.80. The van der Waals surface area contributed by atoms with Crippen LogP contribution in [0.3, 0.4) is 0 Å². The van der Waals surface area contributed by atoms with Crippen molar-refractivity contribution in [1.29, 1.82) is 0 Å². The highest BCUT2D eigenvalue weighted by Gasteiger charge is 2.27. The normalized spacial score (nSPS) is 19.5. The Morgan fingerprint density at radius 1 is 1.69 bits per heavy atom. The van der Waals surface area contributed by atoms with E-state index in [0.29, 0.717) is 26.1 Å². The van der Waals surface area contributed by atoms with Crippen LogP contribution in [0.4, 0.5) is 0 Å². The Labute approximate surface area is 93.0 Å². The van der Waals surface area contributed by atoms with E-state index < -0.39 is 0 Å². The molecule has 16 heavy (non-hydrogen) atoms. The van der Waals surface area contributed by atoms with Crippen molar-refractivity contribution in [2.24, 2.45) is 5.92 Å². The van der Waals surface area contributed by atoms with Crippen LogP contribution in [-0.4, -0.2) is 34.5 Å². The lowest BCUT2D eigenvalue weighted by Gasteiger charge is -2.09. The third-order valence-corrected chi connectivity index (χ3v) is 2.58. The predicted molar refractivity (Wildman–Crippen MR) is 56.4 cm³/mol. The van der Waals surface area contributed by atoms with E-state index in [1.54, 1.807) is 12.5 Å². The standard InChI is InChI=1S/C10H14N4O2/c15-9-5-8(6-13-9)10(16)12-2-4-14-3-1-11-7-14/h1,3,7-8H,2,4-6H2,(H,12,16)(H,13,15). The maximum Gasteiger partial charge on any atom is 0.225 e. The van der Waals surface area contributed by atoms with Gasteiger partial charge in [-0.1, -0.05) is 0 Å². The van der Waals surface area contributed by atoms with E-state index in [0.717, 1.165) is 0 Å². The van der Waals surface area contributed by atoms with Gasteiger partial charge in [0, 0.05) is 38.4 Å². The van der Waals surface area contributed by atoms with E-state index in [1.807, 2.05) is 10.8 Å². The monoisotopic (exact) mass is 222 g/mol. The summed E-state index contributed by atoms with van der Waals surface area (Å²) in [4.78, 5) is 26.4. The van der Waals surface area contributed by atoms with Crippen molar-refractivity contribution in [3.63, 3.8) is 0 Å². The number of rotatable bonds is 4. The van der Waals surface area contributed by atoms with E-state index >= 15 is 0 Å². The van der Waals surface area contributed by atoms with Gasteiger partial charge in [0.05, 0.1) is 12.2 Å². The van der Waals surface area contributed by atoms with Gasteiger partial charge in [-0.05, 0) is 0 Å². The van der Waals surface area contributed by atoms with Crippen LogP contribution in [0.1, 0.15) is 6.42 Å². The molecule has 2 N–H and O–H groups in total. The number of hydrogen-bond acceptors (Lipinski definition) is 3. The van der Waals surface area contributed by atoms with Crippen LogP contribution in [0.2, 0.25) is 0 Å². The molecule has 0 spiro atoms. The molecule has 0 radical (unpaired) electrons. The number of aromatic nitrogens is 2. The molecule has 86 valence electrons. The summed E-state index contributed by atoms with van der Waals surface area (Å²) in [7, 11) is 0. The van der Waals surface area contributed by atoms with Gasteiger partial charge < -0.3 is 15.2 Å². The first-order chi connectivity index (χ1) is 7.75. The number of imidazole rings is 1. The number of amides is 2. The number of carbonyl (C=O) groups is 2. The molecule has 1 unspecified atom stereocenters. The van der Waals surface area contributed by atoms with Gasteiger partial charge in [-0.2, -0.15) is 0 Å². The molecular weight excluding hydrogens is 208 g/mol. The third kappa shape index (κ3) is 2.59. The molecule has 1 aromatic heterocycles. The Morgan fingerprint density at radius 3 is 3.19 bits per heavy atom. The van der Waals surface area contributed by atoms with E-state index in [4.69, 9.17) is 0 Å². The molecule has 0 aliphatic carbocycles. The summed E-state index contributed by atoms with van der Waals surface area (Å²) in [5, 5.41) is 5.44. The lowest BCUT2D eigenvalue weighted by atomic mass is 10.1. The number of nitrogens with zero attached hydrogens (tertiary/aromatic N) is 2. The number of carbonyl (C=O) groups excluding carboxylic acids is 2. The Bertz CT molecular complexity index is 374. The van der Waals surface area contributed by atoms with E-state index in [-0.39, 0.29) is 17.7 Å². The highest BCUT2D eigenvalue weighted by Crippen LogP contribution is 2.08. The Kier molecular flexibility index (Phi) is 3.19. The van der Waals surface area contributed by atoms with Crippen molar-refractivity contribution in [2.75, 3.05) is 13.1 Å². The largest absolute Gasteiger partial charge is 0.355 e. The second-order valence-corrected chi connectivity index (χ2v) is 3.80. The van der Waals surface area contributed by atoms with Gasteiger partial charge in [-0.3, -0.25) is 9.59 Å². The molecule has 1 aliphatic heterocycles. The highest BCUT2D eigenvalue weighted by molar-refractivity contribution is 5.89. The van der Waals surface area contributed by atoms with Gasteiger partial charge in [0.1, 0.15) is 0 Å². The molecule has 0 saturated carbocycles. The first-order valence-electron chi connectivity index (χ1n) is 5.26. The summed E-state index contributed by atoms with van der Waals surface area (Å²) in [6.07, 6.45) is 5.54. The zero-order valence-electron chi connectivity index (χ0n) is 8.85. The Hall–Kier alpha value is -1.85. The van der Waals surface area contributed by atoms with Crippen LogP contribution in [0.25, 0.3) is 0 Å². The highest BCUT2D eigenvalue weighted by atomic mass is 16.2. The Morgan fingerprint density at radius 2 is 2.56 bits per heavy atom. The van der Waals surface area contributed by atoms with Crippen LogP contribution in [-0.2, 0) is 16.1 Å². The maximum atomic E-state index is 11.6. The average molecular weight is 222 g/mol. The van der Waals surface area contributed by atoms with Crippen molar-refractivity contribution in [2.45, 2.75) is 13.0 Å². The third-order valence-electron chi connectivity index (χ3n) is 2.58. The van der Waals surface area contributed by atoms with Crippen LogP contribution < -0.4 is 10.6 Å². The fraction of sp³-hybridized carbons (Fsp3) is 0.500. The molecule has 0 bridgehead atoms. The lowest BCUT2D eigenvalue weighted by molar-refractivity contribution is -0.126. The fourth-order valence-corrected chi connectivity index (χ4v) is 1.66. The minimum Gasteiger partial charge on any atom is -0.355 e. The van der Waals surface area contributed by atoms with E-state index in [1.165, 1.54) is 0 Å². The topological polar surface area (TPSA) is 76.0 Å². The number of nitrogens with one attached hydrogen (secondary N) is 2. The van der Waals surface area contributed by atoms with Gasteiger partial charge in [0.15, 0.2) is 0 Å². The van der Waals surface area contributed by atoms with Crippen LogP contribution in [0.5, 0.6) is 0 Å². The van der Waals surface area contributed by atoms with Crippen molar-refractivity contribution < 1.29 is 9.59 Å². The zero-order chi connectivity index (χ0) is 11.4. The van der Waals surface area contributed by atoms with E-state index in [9.17, 15) is 9.59 Å². The SMILES string of the molecule is O=C1CC(C(=O)NCCn2ccnc2)CN1. The summed E-state index contributed by atoms with van der Waals surface area (Å²) in [5.41, 5.74) is 0. The molecule has 1 aromatic rings. The molecule has 6 heteroatoms. The molecule has 1 saturated heterocycles. The minimum atomic E-state index is -0.213. The first kappa shape index (κ1) is 10.7. The minimum absolute atomic E-state index is 0.0465. The maximum absolute atomic E-state index is 11.6. The molecular formula is C10H14N4O2. The van der Waals surface area contributed by atoms with Gasteiger partial charge in [-0.15, -0.1) is 0 Å². The molecule has 1 fully saturated rings. The van der Waals surface area contributed by atoms with Gasteiger partial charge >= 0.3 is 0 Å². The summed E-state index contributed by atoms with van der Waals surface area (Å²) < 4.78 is 1.89. The van der Waals surface area contributed by atoms with Crippen LogP contribution in [0.15, 0.2) is 18.7 Å². The van der Waals surface area contributed by atoms with Crippen LogP contribution >= 0.6 is 0 Å². The Balaban J connectivity index is 1.70. The molecule has 1 aliphatic rings. The summed E-state index contributed by atoms with van der Waals surface area (Å²) >= 11 is 0. The molecule has 0 aromatic carbocycles. The van der Waals surface area contributed by atoms with Gasteiger partial charge in [0.2, 0.25) is 11.8 Å². The van der Waals surface area contributed by atoms with Crippen molar-refractivity contribution >= 4 is 11.8 Å². The fourth-order valence-electron chi connectivity index (χ4n) is 1.66. The zero-order valence-corrected chi connectivity index (χ0v) is 8.85. The molecule has 6 nitrogen and oxygen atoms in total. The molecule has 2 heterocycles. The van der Waals surface area contributed by atoms with Gasteiger partial charge in [-0.25, -0.2) is 4.98 Å². The predicted octanol–water partition coefficient (Wildman–Crippen LogP) is -0.865. The van der Waals surface area contributed by atoms with Crippen molar-refractivity contribution in [3.8, 4) is 0 Å². The molecule has 2 rings (SSSR count). The first-order valence-corrected chi connectivity index (χ1v) is 5.26. The summed E-state index contributed by atoms with van der Waals surface area (Å²) in [6.45, 7) is 1.70. The lowest BCUT2D eigenvalue weighted by Crippen LogP contribution is -2.33. The van der Waals surface area contributed by atoms with Crippen LogP contribution in [0, 0.1) is 5.92 Å². The second kappa shape index (κ2) is 4.78. The number of hydrogen-bond donors (Lipinski definition) is 2. The van der Waals surface area contributed by atoms with Gasteiger partial charge in [0.25, 0.3) is 0 Å². The molecule has 2 amide bonds. The van der Waals surface area contributed by atoms with E-state index in [2.05, 4.69) is 15.6 Å². The molecule has 1 atom stereocenters.